The van der Waals surface area contributed by atoms with Crippen LogP contribution in [0.1, 0.15) is 133 Å². The fourth-order valence-corrected chi connectivity index (χ4v) is 10.2. The average molecular weight is 1210 g/mol. The smallest absolute Gasteiger partial charge is 0.272 e. The first kappa shape index (κ1) is 66.2. The molecule has 430 valence electrons. The summed E-state index contributed by atoms with van der Waals surface area (Å²) in [5, 5.41) is 64.6. The number of anilines is 5. The van der Waals surface area contributed by atoms with Gasteiger partial charge in [-0.15, -0.1) is 32.9 Å². The summed E-state index contributed by atoms with van der Waals surface area (Å²) >= 11 is 25.9. The van der Waals surface area contributed by atoms with E-state index in [0.29, 0.717) is 45.5 Å². The van der Waals surface area contributed by atoms with E-state index in [1.807, 2.05) is 65.8 Å². The monoisotopic (exact) mass is 1200 g/mol. The molecule has 6 rings (SSSR count). The van der Waals surface area contributed by atoms with Crippen LogP contribution in [0.2, 0.25) is 20.1 Å². The Labute approximate surface area is 498 Å². The number of hydrogen-bond acceptors (Lipinski definition) is 15. The highest BCUT2D eigenvalue weighted by Crippen LogP contribution is 2.43. The highest BCUT2D eigenvalue weighted by molar-refractivity contribution is 6.39. The Hall–Kier alpha value is -7.33. The number of nitrogens with zero attached hydrogens (tertiary/aromatic N) is 13. The number of benzene rings is 4. The predicted octanol–water partition coefficient (Wildman–Crippen LogP) is 16.6. The molecule has 2 heterocycles. The third-order valence-corrected chi connectivity index (χ3v) is 13.1. The maximum atomic E-state index is 12.1. The van der Waals surface area contributed by atoms with Crippen LogP contribution in [0, 0.1) is 32.8 Å². The molecular weight excluding hydrogens is 1140 g/mol. The fourth-order valence-electron chi connectivity index (χ4n) is 8.93. The number of hydrogen-bond donors (Lipinski definition) is 3. The van der Waals surface area contributed by atoms with Gasteiger partial charge in [-0.3, -0.25) is 19.7 Å². The molecule has 2 amide bonds. The first-order chi connectivity index (χ1) is 37.2. The fraction of sp³-hybridized carbons (Fsp3) is 0.393. The number of carbonyl (C=O) groups is 2. The van der Waals surface area contributed by atoms with Crippen LogP contribution >= 0.6 is 58.8 Å². The number of nitro groups is 1. The normalized spacial score (nSPS) is 11.7. The van der Waals surface area contributed by atoms with Crippen molar-refractivity contribution in [3.8, 4) is 23.5 Å². The first-order valence-electron chi connectivity index (χ1n) is 25.4. The molecule has 20 nitrogen and oxygen atoms in total. The van der Waals surface area contributed by atoms with Gasteiger partial charge in [0.2, 0.25) is 11.8 Å². The predicted molar refractivity (Wildman–Crippen MR) is 328 cm³/mol. The molecule has 6 aromatic rings. The van der Waals surface area contributed by atoms with Crippen LogP contribution in [0.3, 0.4) is 0 Å². The number of non-ortho nitro benzene ring substituents is 1. The van der Waals surface area contributed by atoms with Crippen molar-refractivity contribution in [2.24, 2.45) is 20.5 Å². The van der Waals surface area contributed by atoms with Crippen LogP contribution in [0.15, 0.2) is 81.1 Å². The lowest BCUT2D eigenvalue weighted by atomic mass is 9.89. The zero-order valence-electron chi connectivity index (χ0n) is 48.0. The lowest BCUT2D eigenvalue weighted by molar-refractivity contribution is -0.384. The molecule has 0 aliphatic carbocycles. The van der Waals surface area contributed by atoms with Gasteiger partial charge in [-0.2, -0.15) is 20.7 Å². The molecule has 0 bridgehead atoms. The lowest BCUT2D eigenvalue weighted by Crippen LogP contribution is -2.37. The van der Waals surface area contributed by atoms with Crippen molar-refractivity contribution in [1.29, 1.82) is 10.5 Å². The van der Waals surface area contributed by atoms with Crippen LogP contribution < -0.4 is 26.2 Å². The summed E-state index contributed by atoms with van der Waals surface area (Å²) in [6.07, 6.45) is 0. The lowest BCUT2D eigenvalue weighted by Gasteiger charge is -2.33. The van der Waals surface area contributed by atoms with Crippen molar-refractivity contribution in [2.45, 2.75) is 146 Å². The van der Waals surface area contributed by atoms with Gasteiger partial charge in [0.25, 0.3) is 5.69 Å². The Balaban J connectivity index is 0.000000345. The van der Waals surface area contributed by atoms with Crippen LogP contribution in [0.25, 0.3) is 11.4 Å². The summed E-state index contributed by atoms with van der Waals surface area (Å²) in [5.74, 6) is -0.359. The minimum atomic E-state index is -0.612. The zero-order valence-corrected chi connectivity index (χ0v) is 51.9. The summed E-state index contributed by atoms with van der Waals surface area (Å²) in [6.45, 7) is 31.0. The van der Waals surface area contributed by atoms with Gasteiger partial charge in [-0.1, -0.05) is 87.9 Å². The first-order valence-corrected chi connectivity index (χ1v) is 26.9. The standard InChI is InChI=1S/C28H32Cl2N8O3.C28H34Cl2N8O.ClH/c1-15(2)36(16(3)4)18-9-10-23(24(13-18)32-17(5)39)33-34-27-20(14-31)26(28(6,7)8)35-37(27)25-21(29)11-19(38(40)41)12-22(25)30;1-15(2)37(16(3)4)19-9-10-23(24(13-19)33-17(5)39)34-35-27-20(14-31)26(28(6,7)8)36-38(27)25-21(29)11-18(32)12-22(25)30;/h9-13,15-16H,1-8H3,(H,32,39);9-13,15-16H,32H2,1-8H3,(H,33,39);1H. The van der Waals surface area contributed by atoms with Crippen LogP contribution in [0.5, 0.6) is 0 Å². The van der Waals surface area contributed by atoms with E-state index in [0.717, 1.165) is 23.5 Å². The second-order valence-corrected chi connectivity index (χ2v) is 23.5. The Kier molecular flexibility index (Phi) is 22.0. The molecule has 4 N–H and O–H groups in total. The number of halogens is 5. The van der Waals surface area contributed by atoms with Crippen LogP contribution in [-0.4, -0.2) is 60.5 Å². The number of nitro benzene ring substituents is 1. The maximum absolute atomic E-state index is 12.1. The van der Waals surface area contributed by atoms with Gasteiger partial charge in [-0.25, -0.2) is 9.36 Å². The molecular formula is C56H67Cl5N16O4. The molecule has 0 spiro atoms. The van der Waals surface area contributed by atoms with E-state index < -0.39 is 15.8 Å². The molecule has 0 fully saturated rings. The Bertz CT molecular complexity index is 3420. The second-order valence-electron chi connectivity index (χ2n) is 21.8. The third kappa shape index (κ3) is 15.6. The van der Waals surface area contributed by atoms with E-state index in [1.165, 1.54) is 23.2 Å². The van der Waals surface area contributed by atoms with Gasteiger partial charge in [-0.05, 0) is 104 Å². The van der Waals surface area contributed by atoms with Crippen molar-refractivity contribution in [3.05, 3.63) is 113 Å². The van der Waals surface area contributed by atoms with Gasteiger partial charge >= 0.3 is 0 Å². The van der Waals surface area contributed by atoms with Crippen molar-refractivity contribution < 1.29 is 14.5 Å². The SMILES string of the molecule is CC(=O)Nc1cc(N(C(C)C)C(C)C)ccc1N=Nc1c(C#N)c(C(C)(C)C)nn1-c1c(Cl)cc(N)cc1Cl.CC(=O)Nc1cc(N(C(C)C)C(C)C)ccc1N=Nc1c(C#N)c(C(C)(C)C)nn1-c1c(Cl)cc([N+](=O)[O-])cc1Cl.Cl. The number of carbonyl (C=O) groups excluding carboxylic acids is 2. The number of nitrogens with two attached hydrogens (primary N) is 1. The van der Waals surface area contributed by atoms with Gasteiger partial charge in [0.05, 0.1) is 47.8 Å². The molecule has 4 aromatic carbocycles. The molecule has 0 atom stereocenters. The number of aromatic nitrogens is 4. The average Bonchev–Trinajstić information content (AvgIpc) is 3.88. The summed E-state index contributed by atoms with van der Waals surface area (Å²) < 4.78 is 2.68. The Morgan fingerprint density at radius 3 is 1.21 bits per heavy atom. The maximum Gasteiger partial charge on any atom is 0.272 e. The molecule has 0 unspecified atom stereocenters. The van der Waals surface area contributed by atoms with Gasteiger partial charge in [0.1, 0.15) is 46.0 Å². The van der Waals surface area contributed by atoms with Gasteiger partial charge in [0.15, 0.2) is 11.6 Å². The highest BCUT2D eigenvalue weighted by Gasteiger charge is 2.32. The van der Waals surface area contributed by atoms with Crippen molar-refractivity contribution in [3.63, 3.8) is 0 Å². The molecule has 0 radical (unpaired) electrons. The van der Waals surface area contributed by atoms with Crippen LogP contribution in [-0.2, 0) is 20.4 Å². The summed E-state index contributed by atoms with van der Waals surface area (Å²) in [7, 11) is 0. The van der Waals surface area contributed by atoms with Gasteiger partial charge < -0.3 is 26.2 Å². The topological polar surface area (TPSA) is 266 Å². The zero-order chi connectivity index (χ0) is 60.0. The van der Waals surface area contributed by atoms with E-state index >= 15 is 0 Å². The Morgan fingerprint density at radius 2 is 0.938 bits per heavy atom. The minimum absolute atomic E-state index is 0. The van der Waals surface area contributed by atoms with Crippen molar-refractivity contribution in [1.82, 2.24) is 19.6 Å². The summed E-state index contributed by atoms with van der Waals surface area (Å²) in [5.41, 5.74) is 10.1. The number of amides is 2. The third-order valence-electron chi connectivity index (χ3n) is 12.0. The summed E-state index contributed by atoms with van der Waals surface area (Å²) in [4.78, 5) is 39.2. The molecule has 0 saturated carbocycles. The van der Waals surface area contributed by atoms with E-state index in [1.54, 1.807) is 24.3 Å². The minimum Gasteiger partial charge on any atom is -0.399 e. The number of azo groups is 2. The molecule has 81 heavy (non-hydrogen) atoms. The number of nitrogen functional groups attached to an aromatic ring is 1. The van der Waals surface area contributed by atoms with E-state index in [-0.39, 0.29) is 103 Å². The molecule has 0 aliphatic rings. The van der Waals surface area contributed by atoms with Crippen molar-refractivity contribution in [2.75, 3.05) is 26.2 Å². The second kappa shape index (κ2) is 27.0. The molecule has 25 heteroatoms. The highest BCUT2D eigenvalue weighted by atomic mass is 35.5. The molecule has 0 aliphatic heterocycles. The van der Waals surface area contributed by atoms with Crippen LogP contribution in [0.4, 0.5) is 57.1 Å². The van der Waals surface area contributed by atoms with E-state index in [9.17, 15) is 30.2 Å². The van der Waals surface area contributed by atoms with E-state index in [4.69, 9.17) is 52.1 Å². The van der Waals surface area contributed by atoms with Crippen molar-refractivity contribution >= 4 is 128 Å². The molecule has 2 aromatic heterocycles. The summed E-state index contributed by atoms with van der Waals surface area (Å²) in [6, 6.07) is 21.7. The molecule has 0 saturated heterocycles. The van der Waals surface area contributed by atoms with Gasteiger partial charge in [0, 0.05) is 78.0 Å². The Morgan fingerprint density at radius 1 is 0.617 bits per heavy atom. The largest absolute Gasteiger partial charge is 0.399 e. The number of nitrogens with one attached hydrogen (secondary N) is 2. The number of rotatable bonds is 15. The number of nitriles is 2. The van der Waals surface area contributed by atoms with E-state index in [2.05, 4.69) is 119 Å². The quantitative estimate of drug-likeness (QED) is 0.0376.